The van der Waals surface area contributed by atoms with Gasteiger partial charge in [-0.25, -0.2) is 4.79 Å². The fraction of sp³-hybridized carbons (Fsp3) is 0.467. The molecule has 5 heteroatoms. The number of nitrogens with zero attached hydrogens (tertiary/aromatic N) is 2. The Bertz CT molecular complexity index is 468. The van der Waals surface area contributed by atoms with E-state index in [0.29, 0.717) is 18.8 Å². The quantitative estimate of drug-likeness (QED) is 0.897. The summed E-state index contributed by atoms with van der Waals surface area (Å²) in [6.07, 6.45) is 0.279. The van der Waals surface area contributed by atoms with Crippen LogP contribution in [0.5, 0.6) is 0 Å². The number of hydrogen-bond donors (Lipinski definition) is 1. The number of hydrogen-bond acceptors (Lipinski definition) is 2. The first-order valence-electron chi connectivity index (χ1n) is 6.83. The van der Waals surface area contributed by atoms with E-state index in [4.69, 9.17) is 0 Å². The van der Waals surface area contributed by atoms with E-state index in [-0.39, 0.29) is 18.4 Å². The Labute approximate surface area is 120 Å². The first-order valence-corrected chi connectivity index (χ1v) is 6.83. The summed E-state index contributed by atoms with van der Waals surface area (Å²) in [6, 6.07) is 7.26. The Morgan fingerprint density at radius 1 is 1.10 bits per heavy atom. The second-order valence-corrected chi connectivity index (χ2v) is 4.72. The molecule has 0 bridgehead atoms. The van der Waals surface area contributed by atoms with Crippen molar-refractivity contribution < 1.29 is 9.59 Å². The van der Waals surface area contributed by atoms with Crippen LogP contribution in [-0.2, 0) is 11.2 Å². The van der Waals surface area contributed by atoms with E-state index in [0.717, 1.165) is 5.56 Å². The molecule has 110 valence electrons. The topological polar surface area (TPSA) is 52.7 Å². The summed E-state index contributed by atoms with van der Waals surface area (Å²) in [5, 5.41) is 2.87. The van der Waals surface area contributed by atoms with Crippen LogP contribution < -0.4 is 5.32 Å². The van der Waals surface area contributed by atoms with Crippen molar-refractivity contribution in [2.75, 3.05) is 32.5 Å². The largest absolute Gasteiger partial charge is 0.349 e. The van der Waals surface area contributed by atoms with E-state index in [1.807, 2.05) is 38.1 Å². The van der Waals surface area contributed by atoms with Crippen LogP contribution in [0.25, 0.3) is 0 Å². The van der Waals surface area contributed by atoms with Crippen LogP contribution in [0.3, 0.4) is 0 Å². The lowest BCUT2D eigenvalue weighted by atomic mass is 10.1. The zero-order valence-corrected chi connectivity index (χ0v) is 12.6. The van der Waals surface area contributed by atoms with Gasteiger partial charge in [-0.05, 0) is 25.5 Å². The molecule has 1 N–H and O–H groups in total. The van der Waals surface area contributed by atoms with Gasteiger partial charge in [0.2, 0.25) is 5.91 Å². The summed E-state index contributed by atoms with van der Waals surface area (Å²) in [7, 11) is 3.44. The van der Waals surface area contributed by atoms with Crippen molar-refractivity contribution in [3.63, 3.8) is 0 Å². The predicted octanol–water partition coefficient (Wildman–Crippen LogP) is 2.19. The molecule has 0 saturated heterocycles. The Morgan fingerprint density at radius 3 is 2.25 bits per heavy atom. The molecule has 0 fully saturated rings. The molecule has 0 unspecified atom stereocenters. The summed E-state index contributed by atoms with van der Waals surface area (Å²) in [5.41, 5.74) is 1.52. The lowest BCUT2D eigenvalue weighted by Gasteiger charge is -2.20. The van der Waals surface area contributed by atoms with Gasteiger partial charge in [-0.1, -0.05) is 18.2 Å². The van der Waals surface area contributed by atoms with Gasteiger partial charge in [0.05, 0.1) is 6.42 Å². The average Bonchev–Trinajstić information content (AvgIpc) is 2.42. The predicted molar refractivity (Wildman–Crippen MR) is 80.8 cm³/mol. The third-order valence-electron chi connectivity index (χ3n) is 3.15. The fourth-order valence-corrected chi connectivity index (χ4v) is 1.82. The van der Waals surface area contributed by atoms with E-state index in [1.54, 1.807) is 23.9 Å². The molecule has 0 aromatic heterocycles. The van der Waals surface area contributed by atoms with Crippen LogP contribution in [-0.4, -0.2) is 48.9 Å². The molecule has 0 radical (unpaired) electrons. The van der Waals surface area contributed by atoms with Gasteiger partial charge in [-0.2, -0.15) is 0 Å². The minimum Gasteiger partial charge on any atom is -0.349 e. The highest BCUT2D eigenvalue weighted by Gasteiger charge is 2.13. The molecule has 0 spiro atoms. The van der Waals surface area contributed by atoms with Gasteiger partial charge < -0.3 is 15.1 Å². The van der Waals surface area contributed by atoms with Gasteiger partial charge >= 0.3 is 6.03 Å². The first-order chi connectivity index (χ1) is 9.49. The molecule has 1 aromatic rings. The van der Waals surface area contributed by atoms with Gasteiger partial charge in [0.15, 0.2) is 0 Å². The Kier molecular flexibility index (Phi) is 6.03. The number of anilines is 1. The Hall–Kier alpha value is -2.04. The lowest BCUT2D eigenvalue weighted by molar-refractivity contribution is -0.127. The third kappa shape index (κ3) is 4.26. The zero-order valence-electron chi connectivity index (χ0n) is 12.6. The number of amides is 3. The van der Waals surface area contributed by atoms with Crippen molar-refractivity contribution in [2.45, 2.75) is 20.3 Å². The Morgan fingerprint density at radius 2 is 1.70 bits per heavy atom. The standard InChI is InChI=1S/C15H23N3O2/c1-5-18(6-2)15(20)16-13-10-8-7-9-12(13)11-14(19)17(3)4/h7-10H,5-6,11H2,1-4H3,(H,16,20). The normalized spacial score (nSPS) is 10.0. The molecule has 0 aliphatic carbocycles. The van der Waals surface area contributed by atoms with Gasteiger partial charge in [0.1, 0.15) is 0 Å². The average molecular weight is 277 g/mol. The maximum atomic E-state index is 12.1. The lowest BCUT2D eigenvalue weighted by Crippen LogP contribution is -2.35. The highest BCUT2D eigenvalue weighted by molar-refractivity contribution is 5.91. The summed E-state index contributed by atoms with van der Waals surface area (Å²) in [6.45, 7) is 5.18. The fourth-order valence-electron chi connectivity index (χ4n) is 1.82. The molecule has 0 heterocycles. The highest BCUT2D eigenvalue weighted by Crippen LogP contribution is 2.17. The van der Waals surface area contributed by atoms with Crippen molar-refractivity contribution in [1.29, 1.82) is 0 Å². The van der Waals surface area contributed by atoms with Crippen molar-refractivity contribution in [2.24, 2.45) is 0 Å². The molecule has 1 rings (SSSR count). The maximum Gasteiger partial charge on any atom is 0.321 e. The van der Waals surface area contributed by atoms with Crippen LogP contribution in [0.1, 0.15) is 19.4 Å². The molecule has 0 atom stereocenters. The maximum absolute atomic E-state index is 12.1. The number of benzene rings is 1. The molecule has 0 aliphatic heterocycles. The molecule has 5 nitrogen and oxygen atoms in total. The van der Waals surface area contributed by atoms with E-state index in [1.165, 1.54) is 0 Å². The zero-order chi connectivity index (χ0) is 15.1. The van der Waals surface area contributed by atoms with E-state index in [9.17, 15) is 9.59 Å². The third-order valence-corrected chi connectivity index (χ3v) is 3.15. The molecule has 3 amide bonds. The number of urea groups is 1. The van der Waals surface area contributed by atoms with E-state index >= 15 is 0 Å². The molecule has 0 saturated carbocycles. The van der Waals surface area contributed by atoms with Crippen LogP contribution in [0.15, 0.2) is 24.3 Å². The Balaban J connectivity index is 2.85. The van der Waals surface area contributed by atoms with E-state index < -0.39 is 0 Å². The summed E-state index contributed by atoms with van der Waals surface area (Å²) in [5.74, 6) is 0.00883. The molecule has 20 heavy (non-hydrogen) atoms. The van der Waals surface area contributed by atoms with Gasteiger partial charge in [-0.3, -0.25) is 4.79 Å². The van der Waals surface area contributed by atoms with Crippen molar-refractivity contribution >= 4 is 17.6 Å². The number of rotatable bonds is 5. The minimum atomic E-state index is -0.139. The summed E-state index contributed by atoms with van der Waals surface area (Å²) >= 11 is 0. The van der Waals surface area contributed by atoms with Crippen molar-refractivity contribution in [3.05, 3.63) is 29.8 Å². The number of nitrogens with one attached hydrogen (secondary N) is 1. The van der Waals surface area contributed by atoms with E-state index in [2.05, 4.69) is 5.32 Å². The second kappa shape index (κ2) is 7.53. The van der Waals surface area contributed by atoms with Crippen LogP contribution in [0, 0.1) is 0 Å². The number of likely N-dealkylation sites (N-methyl/N-ethyl adjacent to an activating group) is 1. The first kappa shape index (κ1) is 16.0. The molecule has 0 aliphatic rings. The summed E-state index contributed by atoms with van der Waals surface area (Å²) in [4.78, 5) is 27.1. The monoisotopic (exact) mass is 277 g/mol. The van der Waals surface area contributed by atoms with Crippen molar-refractivity contribution in [1.82, 2.24) is 9.80 Å². The smallest absolute Gasteiger partial charge is 0.321 e. The van der Waals surface area contributed by atoms with Gasteiger partial charge in [-0.15, -0.1) is 0 Å². The number of carbonyl (C=O) groups is 2. The molecular weight excluding hydrogens is 254 g/mol. The van der Waals surface area contributed by atoms with Crippen LogP contribution in [0.2, 0.25) is 0 Å². The highest BCUT2D eigenvalue weighted by atomic mass is 16.2. The number of carbonyl (C=O) groups excluding carboxylic acids is 2. The molecular formula is C15H23N3O2. The SMILES string of the molecule is CCN(CC)C(=O)Nc1ccccc1CC(=O)N(C)C. The van der Waals surface area contributed by atoms with Gasteiger partial charge in [0, 0.05) is 32.9 Å². The number of para-hydroxylation sites is 1. The van der Waals surface area contributed by atoms with Crippen LogP contribution >= 0.6 is 0 Å². The summed E-state index contributed by atoms with van der Waals surface area (Å²) < 4.78 is 0. The minimum absolute atomic E-state index is 0.00883. The van der Waals surface area contributed by atoms with Gasteiger partial charge in [0.25, 0.3) is 0 Å². The second-order valence-electron chi connectivity index (χ2n) is 4.72. The van der Waals surface area contributed by atoms with Crippen LogP contribution in [0.4, 0.5) is 10.5 Å². The van der Waals surface area contributed by atoms with Crippen molar-refractivity contribution in [3.8, 4) is 0 Å². The molecule has 1 aromatic carbocycles.